The van der Waals surface area contributed by atoms with E-state index in [1.807, 2.05) is 60.7 Å². The second-order valence-electron chi connectivity index (χ2n) is 8.14. The highest BCUT2D eigenvalue weighted by Gasteiger charge is 2.11. The summed E-state index contributed by atoms with van der Waals surface area (Å²) in [6.45, 7) is 0.791. The van der Waals surface area contributed by atoms with Crippen molar-refractivity contribution in [1.29, 1.82) is 0 Å². The molecule has 0 spiro atoms. The molecule has 0 saturated heterocycles. The van der Waals surface area contributed by atoms with Gasteiger partial charge in [0.1, 0.15) is 36.2 Å². The largest absolute Gasteiger partial charge is 0.508 e. The Morgan fingerprint density at radius 3 is 1.49 bits per heavy atom. The van der Waals surface area contributed by atoms with Crippen LogP contribution in [0.25, 0.3) is 0 Å². The second-order valence-corrected chi connectivity index (χ2v) is 8.14. The van der Waals surface area contributed by atoms with E-state index in [0.717, 1.165) is 11.1 Å². The lowest BCUT2D eigenvalue weighted by Crippen LogP contribution is -2.03. The summed E-state index contributed by atoms with van der Waals surface area (Å²) in [6.07, 6.45) is 0. The van der Waals surface area contributed by atoms with Gasteiger partial charge in [-0.15, -0.1) is 0 Å². The molecule has 4 aromatic rings. The van der Waals surface area contributed by atoms with Crippen LogP contribution < -0.4 is 14.2 Å². The predicted molar refractivity (Wildman–Crippen MR) is 145 cm³/mol. The molecule has 0 aromatic heterocycles. The van der Waals surface area contributed by atoms with E-state index in [9.17, 15) is 14.7 Å². The lowest BCUT2D eigenvalue weighted by Gasteiger charge is -2.10. The number of carbonyl (C=O) groups excluding carboxylic acids is 2. The van der Waals surface area contributed by atoms with Gasteiger partial charge in [0, 0.05) is 12.1 Å². The van der Waals surface area contributed by atoms with E-state index in [1.165, 1.54) is 39.5 Å². The highest BCUT2D eigenvalue weighted by Crippen LogP contribution is 2.25. The van der Waals surface area contributed by atoms with Gasteiger partial charge in [0.25, 0.3) is 0 Å². The summed E-state index contributed by atoms with van der Waals surface area (Å²) in [6, 6.07) is 28.7. The number of aromatic hydroxyl groups is 1. The zero-order valence-electron chi connectivity index (χ0n) is 22.0. The molecular formula is C31H30O8. The van der Waals surface area contributed by atoms with Gasteiger partial charge in [-0.25, -0.2) is 9.59 Å². The van der Waals surface area contributed by atoms with Gasteiger partial charge in [0.2, 0.25) is 0 Å². The number of benzene rings is 4. The summed E-state index contributed by atoms with van der Waals surface area (Å²) in [7, 11) is 4.17. The third kappa shape index (κ3) is 9.12. The standard InChI is InChI=1S/C16H16O4.C15H14O4/c1-18-14-8-13(16(17)19-2)9-15(10-14)20-11-12-6-4-3-5-7-12;1-18-15(17)12-7-13(16)9-14(8-12)19-10-11-5-3-2-4-6-11/h3-10H,11H2,1-2H3;2-9,16H,10H2,1H3. The number of rotatable bonds is 9. The van der Waals surface area contributed by atoms with Gasteiger partial charge in [0.05, 0.1) is 32.5 Å². The topological polar surface area (TPSA) is 101 Å². The first-order valence-electron chi connectivity index (χ1n) is 11.9. The lowest BCUT2D eigenvalue weighted by molar-refractivity contribution is 0.0591. The van der Waals surface area contributed by atoms with E-state index in [2.05, 4.69) is 4.74 Å². The molecule has 0 unspecified atom stereocenters. The number of hydrogen-bond donors (Lipinski definition) is 1. The van der Waals surface area contributed by atoms with Gasteiger partial charge in [-0.2, -0.15) is 0 Å². The van der Waals surface area contributed by atoms with Crippen LogP contribution in [0.5, 0.6) is 23.0 Å². The fourth-order valence-corrected chi connectivity index (χ4v) is 3.39. The Bertz CT molecular complexity index is 1350. The first kappa shape index (κ1) is 28.6. The number of carbonyl (C=O) groups is 2. The van der Waals surface area contributed by atoms with Crippen LogP contribution in [0.3, 0.4) is 0 Å². The molecule has 202 valence electrons. The Hall–Kier alpha value is -4.98. The summed E-state index contributed by atoms with van der Waals surface area (Å²) < 4.78 is 25.7. The van der Waals surface area contributed by atoms with E-state index in [0.29, 0.717) is 36.0 Å². The summed E-state index contributed by atoms with van der Waals surface area (Å²) in [5.41, 5.74) is 2.71. The fourth-order valence-electron chi connectivity index (χ4n) is 3.39. The number of phenolic OH excluding ortho intramolecular Hbond substituents is 1. The molecule has 8 heteroatoms. The van der Waals surface area contributed by atoms with Crippen LogP contribution in [-0.4, -0.2) is 38.4 Å². The minimum Gasteiger partial charge on any atom is -0.508 e. The van der Waals surface area contributed by atoms with Crippen molar-refractivity contribution in [2.75, 3.05) is 21.3 Å². The molecule has 8 nitrogen and oxygen atoms in total. The smallest absolute Gasteiger partial charge is 0.338 e. The molecule has 39 heavy (non-hydrogen) atoms. The molecule has 0 bridgehead atoms. The van der Waals surface area contributed by atoms with E-state index >= 15 is 0 Å². The number of esters is 2. The third-order valence-corrected chi connectivity index (χ3v) is 5.35. The van der Waals surface area contributed by atoms with E-state index in [-0.39, 0.29) is 11.3 Å². The molecule has 0 aliphatic rings. The quantitative estimate of drug-likeness (QED) is 0.270. The van der Waals surface area contributed by atoms with Crippen LogP contribution in [-0.2, 0) is 22.7 Å². The molecule has 0 aliphatic carbocycles. The van der Waals surface area contributed by atoms with Gasteiger partial charge in [-0.05, 0) is 35.4 Å². The zero-order valence-corrected chi connectivity index (χ0v) is 22.0. The van der Waals surface area contributed by atoms with Crippen LogP contribution >= 0.6 is 0 Å². The van der Waals surface area contributed by atoms with Gasteiger partial charge < -0.3 is 28.8 Å². The summed E-state index contributed by atoms with van der Waals surface area (Å²) in [5, 5.41) is 9.55. The van der Waals surface area contributed by atoms with Crippen LogP contribution in [0.1, 0.15) is 31.8 Å². The van der Waals surface area contributed by atoms with Crippen LogP contribution in [0.15, 0.2) is 97.1 Å². The van der Waals surface area contributed by atoms with E-state index in [1.54, 1.807) is 18.2 Å². The zero-order chi connectivity index (χ0) is 28.0. The van der Waals surface area contributed by atoms with Crippen molar-refractivity contribution in [3.05, 3.63) is 119 Å². The van der Waals surface area contributed by atoms with Crippen molar-refractivity contribution in [2.45, 2.75) is 13.2 Å². The fraction of sp³-hybridized carbons (Fsp3) is 0.161. The average molecular weight is 531 g/mol. The minimum absolute atomic E-state index is 0.0361. The van der Waals surface area contributed by atoms with Crippen molar-refractivity contribution < 1.29 is 38.4 Å². The Balaban J connectivity index is 0.000000216. The molecular weight excluding hydrogens is 500 g/mol. The molecule has 0 radical (unpaired) electrons. The van der Waals surface area contributed by atoms with Crippen molar-refractivity contribution in [3.63, 3.8) is 0 Å². The number of ether oxygens (including phenoxy) is 5. The maximum atomic E-state index is 11.6. The summed E-state index contributed by atoms with van der Waals surface area (Å²) in [4.78, 5) is 23.0. The van der Waals surface area contributed by atoms with Crippen LogP contribution in [0.4, 0.5) is 0 Å². The van der Waals surface area contributed by atoms with Gasteiger partial charge in [-0.3, -0.25) is 0 Å². The van der Waals surface area contributed by atoms with Crippen LogP contribution in [0, 0.1) is 0 Å². The van der Waals surface area contributed by atoms with E-state index in [4.69, 9.17) is 18.9 Å². The van der Waals surface area contributed by atoms with Crippen molar-refractivity contribution in [2.24, 2.45) is 0 Å². The van der Waals surface area contributed by atoms with Gasteiger partial charge in [0.15, 0.2) is 0 Å². The lowest BCUT2D eigenvalue weighted by atomic mass is 10.2. The van der Waals surface area contributed by atoms with Crippen LogP contribution in [0.2, 0.25) is 0 Å². The highest BCUT2D eigenvalue weighted by molar-refractivity contribution is 5.90. The maximum Gasteiger partial charge on any atom is 0.338 e. The molecule has 4 rings (SSSR count). The number of phenols is 1. The number of methoxy groups -OCH3 is 3. The summed E-state index contributed by atoms with van der Waals surface area (Å²) >= 11 is 0. The van der Waals surface area contributed by atoms with Crippen molar-refractivity contribution in [3.8, 4) is 23.0 Å². The molecule has 4 aromatic carbocycles. The van der Waals surface area contributed by atoms with Gasteiger partial charge in [-0.1, -0.05) is 60.7 Å². The average Bonchev–Trinajstić information content (AvgIpc) is 2.99. The molecule has 0 aliphatic heterocycles. The predicted octanol–water partition coefficient (Wildman–Crippen LogP) is 5.82. The second kappa shape index (κ2) is 14.7. The Kier molecular flexibility index (Phi) is 10.8. The normalized spacial score (nSPS) is 9.92. The molecule has 0 amide bonds. The van der Waals surface area contributed by atoms with Crippen molar-refractivity contribution in [1.82, 2.24) is 0 Å². The Morgan fingerprint density at radius 2 is 1.03 bits per heavy atom. The summed E-state index contributed by atoms with van der Waals surface area (Å²) in [5.74, 6) is 0.564. The maximum absolute atomic E-state index is 11.6. The molecule has 0 fully saturated rings. The molecule has 0 saturated carbocycles. The number of hydrogen-bond acceptors (Lipinski definition) is 8. The molecule has 1 N–H and O–H groups in total. The minimum atomic E-state index is -0.513. The first-order chi connectivity index (χ1) is 18.9. The first-order valence-corrected chi connectivity index (χ1v) is 11.9. The SMILES string of the molecule is COC(=O)c1cc(O)cc(OCc2ccccc2)c1.COC(=O)c1cc(OC)cc(OCc2ccccc2)c1. The highest BCUT2D eigenvalue weighted by atomic mass is 16.5. The molecule has 0 atom stereocenters. The third-order valence-electron chi connectivity index (χ3n) is 5.35. The molecule has 0 heterocycles. The Morgan fingerprint density at radius 1 is 0.590 bits per heavy atom. The Labute approximate surface area is 227 Å². The monoisotopic (exact) mass is 530 g/mol. The van der Waals surface area contributed by atoms with Crippen molar-refractivity contribution >= 4 is 11.9 Å². The van der Waals surface area contributed by atoms with Gasteiger partial charge >= 0.3 is 11.9 Å². The van der Waals surface area contributed by atoms with E-state index < -0.39 is 11.9 Å².